The molecular weight excluding hydrogens is 411 g/mol. The number of benzene rings is 2. The van der Waals surface area contributed by atoms with Crippen molar-refractivity contribution in [1.29, 1.82) is 0 Å². The van der Waals surface area contributed by atoms with Crippen LogP contribution in [0.25, 0.3) is 0 Å². The highest BCUT2D eigenvalue weighted by molar-refractivity contribution is 7.92. The Morgan fingerprint density at radius 1 is 1.03 bits per heavy atom. The zero-order valence-electron chi connectivity index (χ0n) is 17.3. The first-order valence-corrected chi connectivity index (χ1v) is 10.9. The number of hydrogen-bond acceptors (Lipinski definition) is 5. The molecule has 0 heterocycles. The van der Waals surface area contributed by atoms with E-state index in [4.69, 9.17) is 4.74 Å². The molecule has 162 valence electrons. The van der Waals surface area contributed by atoms with Crippen molar-refractivity contribution in [3.05, 3.63) is 59.9 Å². The molecule has 30 heavy (non-hydrogen) atoms. The van der Waals surface area contributed by atoms with Crippen molar-refractivity contribution in [3.63, 3.8) is 0 Å². The number of rotatable bonds is 8. The number of anilines is 1. The fraction of sp³-hybridized carbons (Fsp3) is 0.333. The van der Waals surface area contributed by atoms with Crippen LogP contribution in [-0.4, -0.2) is 43.9 Å². The molecule has 0 spiro atoms. The maximum atomic E-state index is 13.0. The van der Waals surface area contributed by atoms with Gasteiger partial charge in [0.05, 0.1) is 10.5 Å². The van der Waals surface area contributed by atoms with Gasteiger partial charge in [0.15, 0.2) is 6.61 Å². The average Bonchev–Trinajstić information content (AvgIpc) is 2.67. The highest BCUT2D eigenvalue weighted by Gasteiger charge is 2.22. The van der Waals surface area contributed by atoms with E-state index in [-0.39, 0.29) is 34.1 Å². The van der Waals surface area contributed by atoms with E-state index in [0.29, 0.717) is 0 Å². The summed E-state index contributed by atoms with van der Waals surface area (Å²) in [4.78, 5) is 26.1. The SMILES string of the molecule is CC(C)N(C(=O)COC(=O)c1cccc(S(=O)(=O)Nc2ccc(F)cc2)c1)C(C)C. The topological polar surface area (TPSA) is 92.8 Å². The van der Waals surface area contributed by atoms with Gasteiger partial charge < -0.3 is 9.64 Å². The Kier molecular flexibility index (Phi) is 7.55. The molecule has 2 rings (SSSR count). The van der Waals surface area contributed by atoms with Crippen LogP contribution in [0, 0.1) is 5.82 Å². The molecule has 0 aliphatic rings. The Balaban J connectivity index is 2.11. The van der Waals surface area contributed by atoms with E-state index >= 15 is 0 Å². The first kappa shape index (κ1) is 23.3. The summed E-state index contributed by atoms with van der Waals surface area (Å²) in [6, 6.07) is 9.97. The number of hydrogen-bond donors (Lipinski definition) is 1. The molecule has 0 radical (unpaired) electrons. The number of carbonyl (C=O) groups excluding carboxylic acids is 2. The van der Waals surface area contributed by atoms with E-state index in [0.717, 1.165) is 18.2 Å². The smallest absolute Gasteiger partial charge is 0.338 e. The highest BCUT2D eigenvalue weighted by Crippen LogP contribution is 2.18. The van der Waals surface area contributed by atoms with E-state index in [1.54, 1.807) is 4.90 Å². The molecule has 1 amide bonds. The van der Waals surface area contributed by atoms with Crippen LogP contribution in [0.5, 0.6) is 0 Å². The summed E-state index contributed by atoms with van der Waals surface area (Å²) < 4.78 is 45.5. The second-order valence-electron chi connectivity index (χ2n) is 7.20. The van der Waals surface area contributed by atoms with Crippen molar-refractivity contribution in [1.82, 2.24) is 4.90 Å². The molecule has 0 saturated carbocycles. The number of halogens is 1. The van der Waals surface area contributed by atoms with Gasteiger partial charge in [-0.15, -0.1) is 0 Å². The lowest BCUT2D eigenvalue weighted by atomic mass is 10.2. The summed E-state index contributed by atoms with van der Waals surface area (Å²) in [5.41, 5.74) is 0.169. The van der Waals surface area contributed by atoms with Crippen LogP contribution in [0.3, 0.4) is 0 Å². The lowest BCUT2D eigenvalue weighted by Gasteiger charge is -2.30. The van der Waals surface area contributed by atoms with Crippen molar-refractivity contribution in [2.45, 2.75) is 44.7 Å². The van der Waals surface area contributed by atoms with Crippen molar-refractivity contribution in [3.8, 4) is 0 Å². The van der Waals surface area contributed by atoms with Crippen LogP contribution < -0.4 is 4.72 Å². The fourth-order valence-corrected chi connectivity index (χ4v) is 4.08. The quantitative estimate of drug-likeness (QED) is 0.640. The fourth-order valence-electron chi connectivity index (χ4n) is 2.98. The Morgan fingerprint density at radius 3 is 2.20 bits per heavy atom. The molecule has 7 nitrogen and oxygen atoms in total. The molecule has 0 atom stereocenters. The van der Waals surface area contributed by atoms with Gasteiger partial charge in [0, 0.05) is 17.8 Å². The third kappa shape index (κ3) is 6.03. The number of ether oxygens (including phenoxy) is 1. The maximum Gasteiger partial charge on any atom is 0.338 e. The largest absolute Gasteiger partial charge is 0.452 e. The summed E-state index contributed by atoms with van der Waals surface area (Å²) >= 11 is 0. The van der Waals surface area contributed by atoms with Crippen molar-refractivity contribution in [2.75, 3.05) is 11.3 Å². The van der Waals surface area contributed by atoms with Crippen LogP contribution in [-0.2, 0) is 19.6 Å². The number of nitrogens with one attached hydrogen (secondary N) is 1. The molecule has 0 aliphatic heterocycles. The van der Waals surface area contributed by atoms with Gasteiger partial charge in [-0.2, -0.15) is 0 Å². The molecule has 0 unspecified atom stereocenters. The van der Waals surface area contributed by atoms with Crippen LogP contribution in [0.1, 0.15) is 38.1 Å². The first-order chi connectivity index (χ1) is 14.0. The van der Waals surface area contributed by atoms with E-state index in [1.807, 2.05) is 27.7 Å². The van der Waals surface area contributed by atoms with Crippen LogP contribution in [0.15, 0.2) is 53.4 Å². The van der Waals surface area contributed by atoms with Gasteiger partial charge in [-0.1, -0.05) is 6.07 Å². The second kappa shape index (κ2) is 9.71. The van der Waals surface area contributed by atoms with Gasteiger partial charge in [-0.05, 0) is 70.2 Å². The molecule has 0 fully saturated rings. The number of carbonyl (C=O) groups is 2. The predicted molar refractivity (Wildman–Crippen MR) is 111 cm³/mol. The average molecular weight is 437 g/mol. The molecule has 0 aliphatic carbocycles. The zero-order chi connectivity index (χ0) is 22.5. The Morgan fingerprint density at radius 2 is 1.63 bits per heavy atom. The van der Waals surface area contributed by atoms with Crippen LogP contribution >= 0.6 is 0 Å². The van der Waals surface area contributed by atoms with E-state index in [1.165, 1.54) is 30.3 Å². The molecule has 0 bridgehead atoms. The van der Waals surface area contributed by atoms with E-state index < -0.39 is 28.4 Å². The minimum Gasteiger partial charge on any atom is -0.452 e. The monoisotopic (exact) mass is 436 g/mol. The summed E-state index contributed by atoms with van der Waals surface area (Å²) in [5.74, 6) is -1.64. The third-order valence-electron chi connectivity index (χ3n) is 4.20. The summed E-state index contributed by atoms with van der Waals surface area (Å²) in [7, 11) is -4.00. The molecule has 1 N–H and O–H groups in total. The molecular formula is C21H25FN2O5S. The van der Waals surface area contributed by atoms with E-state index in [2.05, 4.69) is 4.72 Å². The van der Waals surface area contributed by atoms with Crippen LogP contribution in [0.4, 0.5) is 10.1 Å². The number of sulfonamides is 1. The van der Waals surface area contributed by atoms with Crippen molar-refractivity contribution >= 4 is 27.6 Å². The maximum absolute atomic E-state index is 13.0. The Labute approximate surface area is 175 Å². The molecule has 9 heteroatoms. The molecule has 0 saturated heterocycles. The number of esters is 1. The standard InChI is InChI=1S/C21H25FN2O5S/c1-14(2)24(15(3)4)20(25)13-29-21(26)16-6-5-7-19(12-16)30(27,28)23-18-10-8-17(22)9-11-18/h5-12,14-15,23H,13H2,1-4H3. The van der Waals surface area contributed by atoms with Crippen LogP contribution in [0.2, 0.25) is 0 Å². The Bertz CT molecular complexity index is 996. The highest BCUT2D eigenvalue weighted by atomic mass is 32.2. The first-order valence-electron chi connectivity index (χ1n) is 9.38. The predicted octanol–water partition coefficient (Wildman–Crippen LogP) is 3.43. The summed E-state index contributed by atoms with van der Waals surface area (Å²) in [6.07, 6.45) is 0. The van der Waals surface area contributed by atoms with Crippen molar-refractivity contribution < 1.29 is 27.1 Å². The van der Waals surface area contributed by atoms with Gasteiger partial charge >= 0.3 is 5.97 Å². The molecule has 0 aromatic heterocycles. The molecule has 2 aromatic rings. The minimum atomic E-state index is -4.00. The molecule has 2 aromatic carbocycles. The van der Waals surface area contributed by atoms with Gasteiger partial charge in [0.2, 0.25) is 0 Å². The van der Waals surface area contributed by atoms with Crippen molar-refractivity contribution in [2.24, 2.45) is 0 Å². The second-order valence-corrected chi connectivity index (χ2v) is 8.89. The number of nitrogens with zero attached hydrogens (tertiary/aromatic N) is 1. The summed E-state index contributed by atoms with van der Waals surface area (Å²) in [5, 5.41) is 0. The third-order valence-corrected chi connectivity index (χ3v) is 5.58. The lowest BCUT2D eigenvalue weighted by Crippen LogP contribution is -2.44. The van der Waals surface area contributed by atoms with Gasteiger partial charge in [-0.25, -0.2) is 17.6 Å². The Hall–Kier alpha value is -2.94. The summed E-state index contributed by atoms with van der Waals surface area (Å²) in [6.45, 7) is 7.01. The van der Waals surface area contributed by atoms with Gasteiger partial charge in [0.1, 0.15) is 5.82 Å². The van der Waals surface area contributed by atoms with Gasteiger partial charge in [0.25, 0.3) is 15.9 Å². The lowest BCUT2D eigenvalue weighted by molar-refractivity contribution is -0.138. The van der Waals surface area contributed by atoms with Gasteiger partial charge in [-0.3, -0.25) is 9.52 Å². The van der Waals surface area contributed by atoms with E-state index in [9.17, 15) is 22.4 Å². The number of amides is 1. The normalized spacial score (nSPS) is 11.4. The minimum absolute atomic E-state index is 0.00887. The zero-order valence-corrected chi connectivity index (χ0v) is 18.1.